The maximum Gasteiger partial charge on any atom is 0.342 e. The molecule has 6 nitrogen and oxygen atoms in total. The zero-order valence-electron chi connectivity index (χ0n) is 15.8. The van der Waals surface area contributed by atoms with Gasteiger partial charge in [0, 0.05) is 5.92 Å². The number of carbonyl (C=O) groups is 2. The summed E-state index contributed by atoms with van der Waals surface area (Å²) in [5.41, 5.74) is 1.24. The predicted octanol–water partition coefficient (Wildman–Crippen LogP) is 2.54. The summed E-state index contributed by atoms with van der Waals surface area (Å²) in [7, 11) is 0. The molecule has 1 aliphatic heterocycles. The van der Waals surface area contributed by atoms with Crippen molar-refractivity contribution in [2.75, 3.05) is 0 Å². The number of ketones is 1. The Morgan fingerprint density at radius 1 is 1.19 bits per heavy atom. The first-order chi connectivity index (χ1) is 12.7. The number of phenols is 1. The van der Waals surface area contributed by atoms with Gasteiger partial charge in [-0.15, -0.1) is 0 Å². The summed E-state index contributed by atoms with van der Waals surface area (Å²) >= 11 is 0. The molecule has 1 aliphatic rings. The van der Waals surface area contributed by atoms with E-state index >= 15 is 0 Å². The number of esters is 1. The molecule has 1 heterocycles. The molecule has 0 radical (unpaired) electrons. The van der Waals surface area contributed by atoms with Crippen LogP contribution in [0.25, 0.3) is 6.08 Å². The number of aliphatic hydroxyl groups excluding tert-OH is 2. The highest BCUT2D eigenvalue weighted by Crippen LogP contribution is 2.27. The lowest BCUT2D eigenvalue weighted by molar-refractivity contribution is -0.127. The van der Waals surface area contributed by atoms with Crippen molar-refractivity contribution in [1.82, 2.24) is 0 Å². The van der Waals surface area contributed by atoms with Crippen LogP contribution < -0.4 is 0 Å². The van der Waals surface area contributed by atoms with Crippen LogP contribution in [-0.4, -0.2) is 45.4 Å². The molecule has 0 fully saturated rings. The molecule has 2 rings (SSSR count). The minimum atomic E-state index is -1.53. The fourth-order valence-electron chi connectivity index (χ4n) is 3.06. The van der Waals surface area contributed by atoms with E-state index in [0.717, 1.165) is 5.56 Å². The fraction of sp³-hybridized carbons (Fsp3) is 0.429. The van der Waals surface area contributed by atoms with Gasteiger partial charge in [-0.3, -0.25) is 4.79 Å². The summed E-state index contributed by atoms with van der Waals surface area (Å²) < 4.78 is 5.52. The quantitative estimate of drug-likeness (QED) is 0.653. The van der Waals surface area contributed by atoms with Gasteiger partial charge in [-0.2, -0.15) is 0 Å². The third-order valence-corrected chi connectivity index (χ3v) is 4.70. The molecule has 0 amide bonds. The van der Waals surface area contributed by atoms with E-state index in [1.165, 1.54) is 12.1 Å². The average molecular weight is 374 g/mol. The molecule has 0 aromatic heterocycles. The van der Waals surface area contributed by atoms with Crippen molar-refractivity contribution in [3.8, 4) is 5.75 Å². The van der Waals surface area contributed by atoms with Crippen LogP contribution >= 0.6 is 0 Å². The first kappa shape index (κ1) is 20.9. The summed E-state index contributed by atoms with van der Waals surface area (Å²) in [5, 5.41) is 30.3. The van der Waals surface area contributed by atoms with E-state index in [-0.39, 0.29) is 23.7 Å². The number of aliphatic hydroxyl groups is 2. The van der Waals surface area contributed by atoms with Gasteiger partial charge in [0.25, 0.3) is 0 Å². The van der Waals surface area contributed by atoms with E-state index in [1.54, 1.807) is 38.1 Å². The van der Waals surface area contributed by atoms with E-state index in [1.807, 2.05) is 6.92 Å². The van der Waals surface area contributed by atoms with Crippen molar-refractivity contribution in [3.63, 3.8) is 0 Å². The van der Waals surface area contributed by atoms with Crippen LogP contribution in [0.1, 0.15) is 48.2 Å². The SMILES string of the molecule is CC[C@H]1/C=C\C(=O)[C@@H](O)[C@@H](O)C/C=C/c2cc(C)cc(O)c2C(=O)O[C@H]1C. The number of hydrogen-bond acceptors (Lipinski definition) is 6. The lowest BCUT2D eigenvalue weighted by Crippen LogP contribution is -2.32. The van der Waals surface area contributed by atoms with Crippen LogP contribution in [0.4, 0.5) is 0 Å². The molecule has 1 aromatic carbocycles. The standard InChI is InChI=1S/C21H26O6/c1-4-14-8-9-17(23)20(25)16(22)7-5-6-15-10-12(2)11-18(24)19(15)21(26)27-13(14)3/h5-6,8-11,13-14,16,20,22,24-25H,4,7H2,1-3H3/b6-5+,9-8-/t13-,14-,16-,20-/m0/s1. The number of hydrogen-bond donors (Lipinski definition) is 3. The van der Waals surface area contributed by atoms with Crippen molar-refractivity contribution in [3.05, 3.63) is 47.1 Å². The Hall–Kier alpha value is -2.44. The zero-order valence-corrected chi connectivity index (χ0v) is 15.8. The average Bonchev–Trinajstić information content (AvgIpc) is 2.59. The normalized spacial score (nSPS) is 29.4. The molecule has 0 aliphatic carbocycles. The Labute approximate surface area is 158 Å². The third-order valence-electron chi connectivity index (χ3n) is 4.70. The molecule has 6 heteroatoms. The van der Waals surface area contributed by atoms with Gasteiger partial charge in [-0.05, 0) is 50.0 Å². The fourth-order valence-corrected chi connectivity index (χ4v) is 3.06. The number of phenolic OH excluding ortho intramolecular Hbond substituents is 1. The maximum atomic E-state index is 12.7. The van der Waals surface area contributed by atoms with Gasteiger partial charge in [0.2, 0.25) is 0 Å². The van der Waals surface area contributed by atoms with Crippen LogP contribution in [0, 0.1) is 12.8 Å². The van der Waals surface area contributed by atoms with Crippen LogP contribution in [-0.2, 0) is 9.53 Å². The molecule has 4 atom stereocenters. The van der Waals surface area contributed by atoms with Gasteiger partial charge in [-0.1, -0.05) is 31.2 Å². The molecule has 0 saturated carbocycles. The zero-order chi connectivity index (χ0) is 20.1. The van der Waals surface area contributed by atoms with Gasteiger partial charge in [0.1, 0.15) is 23.5 Å². The lowest BCUT2D eigenvalue weighted by atomic mass is 9.96. The van der Waals surface area contributed by atoms with Crippen LogP contribution in [0.3, 0.4) is 0 Å². The smallest absolute Gasteiger partial charge is 0.342 e. The molecule has 0 unspecified atom stereocenters. The monoisotopic (exact) mass is 374 g/mol. The third kappa shape index (κ3) is 5.05. The molecule has 0 saturated heterocycles. The van der Waals surface area contributed by atoms with E-state index in [9.17, 15) is 24.9 Å². The second-order valence-corrected chi connectivity index (χ2v) is 6.84. The summed E-state index contributed by atoms with van der Waals surface area (Å²) in [6, 6.07) is 3.20. The number of fused-ring (bicyclic) bond motifs is 1. The Balaban J connectivity index is 2.50. The van der Waals surface area contributed by atoms with Crippen molar-refractivity contribution in [2.45, 2.75) is 51.9 Å². The lowest BCUT2D eigenvalue weighted by Gasteiger charge is -2.22. The Bertz CT molecular complexity index is 764. The highest BCUT2D eigenvalue weighted by atomic mass is 16.5. The van der Waals surface area contributed by atoms with E-state index < -0.39 is 30.1 Å². The summed E-state index contributed by atoms with van der Waals surface area (Å²) in [4.78, 5) is 24.7. The van der Waals surface area contributed by atoms with Crippen molar-refractivity contribution < 1.29 is 29.6 Å². The Kier molecular flexibility index (Phi) is 6.93. The Morgan fingerprint density at radius 2 is 1.89 bits per heavy atom. The van der Waals surface area contributed by atoms with Crippen molar-refractivity contribution in [2.24, 2.45) is 5.92 Å². The van der Waals surface area contributed by atoms with Gasteiger partial charge in [0.15, 0.2) is 5.78 Å². The van der Waals surface area contributed by atoms with E-state index in [0.29, 0.717) is 12.0 Å². The molecule has 3 N–H and O–H groups in total. The van der Waals surface area contributed by atoms with Crippen LogP contribution in [0.2, 0.25) is 0 Å². The number of carbonyl (C=O) groups excluding carboxylic acids is 2. The number of benzene rings is 1. The Morgan fingerprint density at radius 3 is 2.56 bits per heavy atom. The molecule has 0 bridgehead atoms. The highest BCUT2D eigenvalue weighted by Gasteiger charge is 2.25. The van der Waals surface area contributed by atoms with E-state index in [4.69, 9.17) is 4.74 Å². The predicted molar refractivity (Wildman–Crippen MR) is 101 cm³/mol. The van der Waals surface area contributed by atoms with Gasteiger partial charge >= 0.3 is 5.97 Å². The topological polar surface area (TPSA) is 104 Å². The van der Waals surface area contributed by atoms with Crippen LogP contribution in [0.5, 0.6) is 5.75 Å². The molecule has 0 spiro atoms. The van der Waals surface area contributed by atoms with Gasteiger partial charge in [-0.25, -0.2) is 4.79 Å². The van der Waals surface area contributed by atoms with Crippen LogP contribution in [0.15, 0.2) is 30.4 Å². The van der Waals surface area contributed by atoms with Gasteiger partial charge < -0.3 is 20.1 Å². The second kappa shape index (κ2) is 8.97. The minimum Gasteiger partial charge on any atom is -0.507 e. The summed E-state index contributed by atoms with van der Waals surface area (Å²) in [6.45, 7) is 5.37. The summed E-state index contributed by atoms with van der Waals surface area (Å²) in [6.07, 6.45) is 3.16. The first-order valence-electron chi connectivity index (χ1n) is 9.03. The molecule has 146 valence electrons. The van der Waals surface area contributed by atoms with Crippen molar-refractivity contribution >= 4 is 17.8 Å². The minimum absolute atomic E-state index is 0.0115. The number of aryl methyl sites for hydroxylation is 1. The number of aromatic hydroxyl groups is 1. The summed E-state index contributed by atoms with van der Waals surface area (Å²) in [5.74, 6) is -1.69. The second-order valence-electron chi connectivity index (χ2n) is 6.84. The highest BCUT2D eigenvalue weighted by molar-refractivity contribution is 5.97. The van der Waals surface area contributed by atoms with Gasteiger partial charge in [0.05, 0.1) is 6.10 Å². The van der Waals surface area contributed by atoms with Crippen molar-refractivity contribution in [1.29, 1.82) is 0 Å². The maximum absolute atomic E-state index is 12.7. The number of cyclic esters (lactones) is 1. The molecular weight excluding hydrogens is 348 g/mol. The largest absolute Gasteiger partial charge is 0.507 e. The molecular formula is C21H26O6. The number of ether oxygens (including phenoxy) is 1. The number of rotatable bonds is 1. The first-order valence-corrected chi connectivity index (χ1v) is 9.03. The van der Waals surface area contributed by atoms with E-state index in [2.05, 4.69) is 0 Å². The molecule has 1 aromatic rings. The molecule has 27 heavy (non-hydrogen) atoms.